The number of carbonyl (C=O) groups excluding carboxylic acids is 1. The third-order valence-electron chi connectivity index (χ3n) is 8.07. The molecule has 1 unspecified atom stereocenters. The summed E-state index contributed by atoms with van der Waals surface area (Å²) in [6.07, 6.45) is 3.45. The van der Waals surface area contributed by atoms with E-state index in [2.05, 4.69) is 6.07 Å². The Morgan fingerprint density at radius 2 is 1.67 bits per heavy atom. The zero-order chi connectivity index (χ0) is 29.7. The summed E-state index contributed by atoms with van der Waals surface area (Å²) in [5.41, 5.74) is 5.89. The van der Waals surface area contributed by atoms with Crippen LogP contribution in [-0.4, -0.2) is 21.4 Å². The number of benzene rings is 3. The fourth-order valence-corrected chi connectivity index (χ4v) is 5.97. The van der Waals surface area contributed by atoms with Crippen LogP contribution in [0.4, 0.5) is 0 Å². The van der Waals surface area contributed by atoms with Crippen molar-refractivity contribution >= 4 is 23.5 Å². The van der Waals surface area contributed by atoms with Crippen molar-refractivity contribution < 1.29 is 23.5 Å². The first-order valence-electron chi connectivity index (χ1n) is 14.1. The van der Waals surface area contributed by atoms with Crippen molar-refractivity contribution in [1.82, 2.24) is 4.57 Å². The van der Waals surface area contributed by atoms with Gasteiger partial charge in [0, 0.05) is 29.2 Å². The molecule has 0 radical (unpaired) electrons. The number of carboxylic acids is 1. The third kappa shape index (κ3) is 4.48. The Bertz CT molecular complexity index is 2140. The molecule has 3 heterocycles. The van der Waals surface area contributed by atoms with Crippen LogP contribution >= 0.6 is 0 Å². The van der Waals surface area contributed by atoms with E-state index in [4.69, 9.17) is 13.8 Å². The van der Waals surface area contributed by atoms with Gasteiger partial charge in [-0.15, -0.1) is 0 Å². The summed E-state index contributed by atoms with van der Waals surface area (Å²) in [5, 5.41) is 9.58. The van der Waals surface area contributed by atoms with Crippen LogP contribution in [-0.2, 0) is 6.42 Å². The Balaban J connectivity index is 1.38. The van der Waals surface area contributed by atoms with Gasteiger partial charge in [0.15, 0.2) is 11.2 Å². The molecule has 0 fully saturated rings. The van der Waals surface area contributed by atoms with Crippen LogP contribution in [0.25, 0.3) is 23.1 Å². The summed E-state index contributed by atoms with van der Waals surface area (Å²) < 4.78 is 13.6. The van der Waals surface area contributed by atoms with Crippen LogP contribution in [0.5, 0.6) is 0 Å². The predicted molar refractivity (Wildman–Crippen MR) is 159 cm³/mol. The Labute approximate surface area is 245 Å². The van der Waals surface area contributed by atoms with E-state index < -0.39 is 12.0 Å². The maximum atomic E-state index is 13.9. The minimum absolute atomic E-state index is 0.0436. The number of hydrogen-bond donors (Lipinski definition) is 1. The highest BCUT2D eigenvalue weighted by atomic mass is 16.4. The predicted octanol–water partition coefficient (Wildman–Crippen LogP) is 5.40. The maximum absolute atomic E-state index is 13.9. The Morgan fingerprint density at radius 1 is 0.930 bits per heavy atom. The van der Waals surface area contributed by atoms with Crippen LogP contribution < -0.4 is 16.7 Å². The molecular weight excluding hydrogens is 544 g/mol. The van der Waals surface area contributed by atoms with E-state index in [1.54, 1.807) is 47.0 Å². The standard InChI is InChI=1S/C35H26N2O6/c1-2-28(38)21-11-13-22(14-12-21)32-27-17-15-20-7-3-4-8-24(20)31(27)36-35-37(32)33(39)30(43-35)19-23-16-18-29(42-23)25-9-5-6-10-26(25)34(40)41/h3-14,16,18-19,32H,2,15,17H2,1H3,(H,40,41)/b30-19-. The number of oxazole rings is 1. The lowest BCUT2D eigenvalue weighted by molar-refractivity contribution is 0.0697. The molecule has 2 aromatic heterocycles. The largest absolute Gasteiger partial charge is 0.478 e. The van der Waals surface area contributed by atoms with Crippen molar-refractivity contribution in [2.45, 2.75) is 32.2 Å². The SMILES string of the molecule is CCC(=O)c1ccc(C2C3=C(N=c4o/c(=C\c5ccc(-c6ccccc6C(=O)O)o5)c(=O)n42)c2ccccc2CC3)cc1. The highest BCUT2D eigenvalue weighted by Crippen LogP contribution is 2.41. The summed E-state index contributed by atoms with van der Waals surface area (Å²) in [6.45, 7) is 1.83. The van der Waals surface area contributed by atoms with Crippen LogP contribution in [0.1, 0.15) is 69.0 Å². The van der Waals surface area contributed by atoms with Gasteiger partial charge < -0.3 is 13.9 Å². The Kier molecular flexibility index (Phi) is 6.39. The molecule has 7 rings (SSSR count). The lowest BCUT2D eigenvalue weighted by atomic mass is 9.83. The quantitative estimate of drug-likeness (QED) is 0.273. The molecule has 0 amide bonds. The van der Waals surface area contributed by atoms with Gasteiger partial charge in [0.2, 0.25) is 0 Å². The summed E-state index contributed by atoms with van der Waals surface area (Å²) in [5.74, 6) is -0.314. The smallest absolute Gasteiger partial charge is 0.336 e. The van der Waals surface area contributed by atoms with E-state index in [1.165, 1.54) is 17.7 Å². The molecule has 212 valence electrons. The lowest BCUT2D eigenvalue weighted by Crippen LogP contribution is -2.38. The zero-order valence-electron chi connectivity index (χ0n) is 23.2. The highest BCUT2D eigenvalue weighted by Gasteiger charge is 2.33. The average Bonchev–Trinajstić information content (AvgIpc) is 3.63. The Hall–Kier alpha value is -5.50. The first-order valence-corrected chi connectivity index (χ1v) is 14.1. The summed E-state index contributed by atoms with van der Waals surface area (Å²) in [4.78, 5) is 42.8. The van der Waals surface area contributed by atoms with Crippen molar-refractivity contribution in [3.05, 3.63) is 146 Å². The molecule has 1 atom stereocenters. The molecule has 0 spiro atoms. The second kappa shape index (κ2) is 10.4. The number of allylic oxidation sites excluding steroid dienone is 1. The number of aromatic carboxylic acids is 1. The minimum Gasteiger partial charge on any atom is -0.478 e. The number of Topliss-reactive ketones (excluding diaryl/α,β-unsaturated/α-hetero) is 1. The molecular formula is C35H26N2O6. The highest BCUT2D eigenvalue weighted by molar-refractivity contribution is 5.96. The molecule has 43 heavy (non-hydrogen) atoms. The van der Waals surface area contributed by atoms with Crippen LogP contribution in [0.2, 0.25) is 0 Å². The van der Waals surface area contributed by atoms with Gasteiger partial charge in [-0.25, -0.2) is 9.36 Å². The third-order valence-corrected chi connectivity index (χ3v) is 8.07. The van der Waals surface area contributed by atoms with Gasteiger partial charge in [0.05, 0.1) is 17.3 Å². The number of aromatic nitrogens is 1. The second-order valence-electron chi connectivity index (χ2n) is 10.6. The van der Waals surface area contributed by atoms with Crippen LogP contribution in [0, 0.1) is 0 Å². The minimum atomic E-state index is -1.06. The Morgan fingerprint density at radius 3 is 2.44 bits per heavy atom. The molecule has 8 nitrogen and oxygen atoms in total. The van der Waals surface area contributed by atoms with Gasteiger partial charge in [-0.1, -0.05) is 73.7 Å². The lowest BCUT2D eigenvalue weighted by Gasteiger charge is -2.30. The normalized spacial score (nSPS) is 15.8. The van der Waals surface area contributed by atoms with E-state index in [0.29, 0.717) is 29.1 Å². The molecule has 5 aromatic rings. The van der Waals surface area contributed by atoms with E-state index in [0.717, 1.165) is 35.2 Å². The fourth-order valence-electron chi connectivity index (χ4n) is 5.97. The van der Waals surface area contributed by atoms with E-state index in [1.807, 2.05) is 37.3 Å². The number of ketones is 1. The number of hydrogen-bond acceptors (Lipinski definition) is 6. The fraction of sp³-hybridized carbons (Fsp3) is 0.143. The van der Waals surface area contributed by atoms with Gasteiger partial charge >= 0.3 is 11.7 Å². The summed E-state index contributed by atoms with van der Waals surface area (Å²) in [7, 11) is 0. The monoisotopic (exact) mass is 570 g/mol. The van der Waals surface area contributed by atoms with Crippen molar-refractivity contribution in [2.75, 3.05) is 0 Å². The van der Waals surface area contributed by atoms with Crippen LogP contribution in [0.15, 0.2) is 109 Å². The zero-order valence-corrected chi connectivity index (χ0v) is 23.2. The first kappa shape index (κ1) is 26.4. The van der Waals surface area contributed by atoms with Crippen molar-refractivity contribution in [1.29, 1.82) is 0 Å². The number of rotatable bonds is 6. The summed E-state index contributed by atoms with van der Waals surface area (Å²) in [6, 6.07) is 25.0. The van der Waals surface area contributed by atoms with E-state index in [-0.39, 0.29) is 28.0 Å². The van der Waals surface area contributed by atoms with E-state index >= 15 is 0 Å². The molecule has 3 aromatic carbocycles. The van der Waals surface area contributed by atoms with E-state index in [9.17, 15) is 19.5 Å². The number of carboxylic acid groups (broad SMARTS) is 1. The second-order valence-corrected chi connectivity index (χ2v) is 10.6. The first-order chi connectivity index (χ1) is 20.9. The number of carbonyl (C=O) groups is 2. The van der Waals surface area contributed by atoms with Crippen molar-refractivity contribution in [3.8, 4) is 11.3 Å². The molecule has 2 aliphatic rings. The molecule has 0 saturated heterocycles. The number of nitrogens with zero attached hydrogens (tertiary/aromatic N) is 2. The number of aryl methyl sites for hydroxylation is 1. The summed E-state index contributed by atoms with van der Waals surface area (Å²) >= 11 is 0. The molecule has 8 heteroatoms. The van der Waals surface area contributed by atoms with Gasteiger partial charge in [-0.3, -0.25) is 9.59 Å². The van der Waals surface area contributed by atoms with Crippen LogP contribution in [0.3, 0.4) is 0 Å². The molecule has 1 N–H and O–H groups in total. The number of fused-ring (bicyclic) bond motifs is 3. The van der Waals surface area contributed by atoms with Gasteiger partial charge in [-0.2, -0.15) is 4.99 Å². The maximum Gasteiger partial charge on any atom is 0.336 e. The average molecular weight is 571 g/mol. The molecule has 0 saturated carbocycles. The number of furan rings is 1. The molecule has 0 bridgehead atoms. The van der Waals surface area contributed by atoms with Gasteiger partial charge in [-0.05, 0) is 47.7 Å². The van der Waals surface area contributed by atoms with Crippen molar-refractivity contribution in [3.63, 3.8) is 0 Å². The van der Waals surface area contributed by atoms with Gasteiger partial charge in [0.1, 0.15) is 11.5 Å². The topological polar surface area (TPSA) is 115 Å². The van der Waals surface area contributed by atoms with Gasteiger partial charge in [0.25, 0.3) is 5.56 Å². The molecule has 1 aliphatic carbocycles. The molecule has 1 aliphatic heterocycles. The van der Waals surface area contributed by atoms with Crippen molar-refractivity contribution in [2.24, 2.45) is 4.99 Å².